The molecule has 204 valence electrons. The summed E-state index contributed by atoms with van der Waals surface area (Å²) in [5.41, 5.74) is -4.78. The third-order valence-electron chi connectivity index (χ3n) is 5.78. The Kier molecular flexibility index (Phi) is 8.78. The van der Waals surface area contributed by atoms with Crippen LogP contribution in [0.25, 0.3) is 0 Å². The summed E-state index contributed by atoms with van der Waals surface area (Å²) < 4.78 is 124. The average Bonchev–Trinajstić information content (AvgIpc) is 2.82. The summed E-state index contributed by atoms with van der Waals surface area (Å²) in [5.74, 6) is -1.10. The number of halogens is 9. The normalized spacial score (nSPS) is 15.6. The summed E-state index contributed by atoms with van der Waals surface area (Å²) in [7, 11) is 0. The number of rotatable bonds is 7. The monoisotopic (exact) mass is 542 g/mol. The molecule has 2 aromatic carbocycles. The van der Waals surface area contributed by atoms with Gasteiger partial charge in [-0.3, -0.25) is 9.69 Å². The number of ether oxygens (including phenoxy) is 1. The number of morpholine rings is 1. The maximum atomic E-state index is 13.3. The molecular formula is C24H23F9N2O2. The van der Waals surface area contributed by atoms with Crippen molar-refractivity contribution >= 4 is 5.91 Å². The van der Waals surface area contributed by atoms with Crippen molar-refractivity contribution in [2.24, 2.45) is 0 Å². The zero-order valence-electron chi connectivity index (χ0n) is 19.3. The Morgan fingerprint density at radius 3 is 1.78 bits per heavy atom. The SMILES string of the molecule is O=C(c1cc(C(F)(F)F)cc(C(F)(F)F)c1)N(CCCN1CCOCC1)Cc1ccc(C(F)(F)F)cc1. The van der Waals surface area contributed by atoms with E-state index in [4.69, 9.17) is 4.74 Å². The molecule has 4 nitrogen and oxygen atoms in total. The average molecular weight is 542 g/mol. The van der Waals surface area contributed by atoms with Gasteiger partial charge in [0.2, 0.25) is 0 Å². The van der Waals surface area contributed by atoms with Crippen LogP contribution in [0, 0.1) is 0 Å². The number of hydrogen-bond donors (Lipinski definition) is 0. The van der Waals surface area contributed by atoms with Gasteiger partial charge in [-0.1, -0.05) is 12.1 Å². The maximum absolute atomic E-state index is 13.3. The molecule has 0 atom stereocenters. The van der Waals surface area contributed by atoms with Crippen molar-refractivity contribution in [1.29, 1.82) is 0 Å². The molecule has 2 aromatic rings. The molecule has 0 aromatic heterocycles. The Bertz CT molecular complexity index is 1030. The maximum Gasteiger partial charge on any atom is 0.416 e. The smallest absolute Gasteiger partial charge is 0.379 e. The molecule has 0 radical (unpaired) electrons. The molecule has 0 spiro atoms. The minimum atomic E-state index is -5.13. The van der Waals surface area contributed by atoms with Crippen LogP contribution in [-0.4, -0.2) is 55.1 Å². The first kappa shape index (κ1) is 28.8. The van der Waals surface area contributed by atoms with Gasteiger partial charge in [0.25, 0.3) is 5.91 Å². The minimum absolute atomic E-state index is 0.0468. The Morgan fingerprint density at radius 1 is 0.784 bits per heavy atom. The highest BCUT2D eigenvalue weighted by Crippen LogP contribution is 2.37. The second-order valence-electron chi connectivity index (χ2n) is 8.52. The van der Waals surface area contributed by atoms with E-state index in [1.165, 1.54) is 0 Å². The number of amides is 1. The van der Waals surface area contributed by atoms with Gasteiger partial charge in [-0.15, -0.1) is 0 Å². The summed E-state index contributed by atoms with van der Waals surface area (Å²) in [4.78, 5) is 16.3. The Labute approximate surface area is 206 Å². The number of carbonyl (C=O) groups is 1. The molecule has 1 saturated heterocycles. The van der Waals surface area contributed by atoms with Crippen LogP contribution in [-0.2, 0) is 29.8 Å². The lowest BCUT2D eigenvalue weighted by atomic mass is 10.0. The highest BCUT2D eigenvalue weighted by molar-refractivity contribution is 5.94. The van der Waals surface area contributed by atoms with Crippen LogP contribution in [0.5, 0.6) is 0 Å². The molecule has 13 heteroatoms. The van der Waals surface area contributed by atoms with E-state index in [1.807, 2.05) is 4.90 Å². The van der Waals surface area contributed by atoms with E-state index in [0.717, 1.165) is 29.2 Å². The zero-order chi connectivity index (χ0) is 27.4. The standard InChI is InChI=1S/C24H23F9N2O2/c25-22(26,27)18-4-2-16(3-5-18)15-35(7-1-6-34-8-10-37-11-9-34)21(36)17-12-19(23(28,29)30)14-20(13-17)24(31,32)33/h2-5,12-14H,1,6-11,15H2. The summed E-state index contributed by atoms with van der Waals surface area (Å²) >= 11 is 0. The van der Waals surface area contributed by atoms with Crippen molar-refractivity contribution in [3.8, 4) is 0 Å². The van der Waals surface area contributed by atoms with Crippen LogP contribution in [0.2, 0.25) is 0 Å². The molecule has 0 unspecified atom stereocenters. The third-order valence-corrected chi connectivity index (χ3v) is 5.78. The van der Waals surface area contributed by atoms with Crippen molar-refractivity contribution in [3.63, 3.8) is 0 Å². The first-order valence-electron chi connectivity index (χ1n) is 11.2. The summed E-state index contributed by atoms with van der Waals surface area (Å²) in [6.07, 6.45) is -14.5. The third kappa shape index (κ3) is 8.09. The van der Waals surface area contributed by atoms with E-state index in [0.29, 0.717) is 51.4 Å². The van der Waals surface area contributed by atoms with E-state index in [9.17, 15) is 44.3 Å². The van der Waals surface area contributed by atoms with Crippen LogP contribution in [0.4, 0.5) is 39.5 Å². The first-order valence-corrected chi connectivity index (χ1v) is 11.2. The summed E-state index contributed by atoms with van der Waals surface area (Å²) in [5, 5.41) is 0. The fourth-order valence-corrected chi connectivity index (χ4v) is 3.84. The van der Waals surface area contributed by atoms with Crippen molar-refractivity contribution in [3.05, 3.63) is 70.3 Å². The van der Waals surface area contributed by atoms with Gasteiger partial charge in [0.05, 0.1) is 29.9 Å². The highest BCUT2D eigenvalue weighted by atomic mass is 19.4. The number of hydrogen-bond acceptors (Lipinski definition) is 3. The van der Waals surface area contributed by atoms with E-state index in [-0.39, 0.29) is 24.7 Å². The van der Waals surface area contributed by atoms with Gasteiger partial charge in [-0.05, 0) is 42.3 Å². The molecule has 0 aliphatic carbocycles. The summed E-state index contributed by atoms with van der Waals surface area (Å²) in [6, 6.07) is 4.42. The van der Waals surface area contributed by atoms with Crippen molar-refractivity contribution < 1.29 is 49.0 Å². The lowest BCUT2D eigenvalue weighted by Gasteiger charge is -2.29. The predicted molar refractivity (Wildman–Crippen MR) is 115 cm³/mol. The van der Waals surface area contributed by atoms with Crippen LogP contribution in [0.15, 0.2) is 42.5 Å². The van der Waals surface area contributed by atoms with Gasteiger partial charge < -0.3 is 9.64 Å². The quantitative estimate of drug-likeness (QED) is 0.396. The molecule has 0 saturated carbocycles. The second-order valence-corrected chi connectivity index (χ2v) is 8.52. The van der Waals surface area contributed by atoms with Gasteiger partial charge in [-0.25, -0.2) is 0 Å². The molecular weight excluding hydrogens is 519 g/mol. The van der Waals surface area contributed by atoms with Crippen LogP contribution >= 0.6 is 0 Å². The van der Waals surface area contributed by atoms with Crippen LogP contribution in [0.1, 0.15) is 39.0 Å². The molecule has 3 rings (SSSR count). The molecule has 0 bridgehead atoms. The lowest BCUT2D eigenvalue weighted by Crippen LogP contribution is -2.39. The number of benzene rings is 2. The van der Waals surface area contributed by atoms with E-state index in [2.05, 4.69) is 0 Å². The minimum Gasteiger partial charge on any atom is -0.379 e. The molecule has 1 heterocycles. The molecule has 1 aliphatic heterocycles. The fourth-order valence-electron chi connectivity index (χ4n) is 3.84. The molecule has 1 amide bonds. The van der Waals surface area contributed by atoms with Gasteiger partial charge >= 0.3 is 18.5 Å². The van der Waals surface area contributed by atoms with Crippen molar-refractivity contribution in [1.82, 2.24) is 9.80 Å². The Balaban J connectivity index is 1.89. The number of nitrogens with zero attached hydrogens (tertiary/aromatic N) is 2. The van der Waals surface area contributed by atoms with E-state index in [1.54, 1.807) is 0 Å². The van der Waals surface area contributed by atoms with E-state index < -0.39 is 46.7 Å². The highest BCUT2D eigenvalue weighted by Gasteiger charge is 2.38. The lowest BCUT2D eigenvalue weighted by molar-refractivity contribution is -0.143. The Morgan fingerprint density at radius 2 is 1.30 bits per heavy atom. The van der Waals surface area contributed by atoms with Crippen molar-refractivity contribution in [2.45, 2.75) is 31.5 Å². The number of carbonyl (C=O) groups excluding carboxylic acids is 1. The van der Waals surface area contributed by atoms with Crippen LogP contribution in [0.3, 0.4) is 0 Å². The molecule has 1 fully saturated rings. The van der Waals surface area contributed by atoms with Crippen molar-refractivity contribution in [2.75, 3.05) is 39.4 Å². The first-order chi connectivity index (χ1) is 17.1. The predicted octanol–water partition coefficient (Wildman–Crippen LogP) is 6.11. The topological polar surface area (TPSA) is 32.8 Å². The number of alkyl halides is 9. The fraction of sp³-hybridized carbons (Fsp3) is 0.458. The van der Waals surface area contributed by atoms with E-state index >= 15 is 0 Å². The largest absolute Gasteiger partial charge is 0.416 e. The van der Waals surface area contributed by atoms with Gasteiger partial charge in [0, 0.05) is 38.3 Å². The van der Waals surface area contributed by atoms with Gasteiger partial charge in [0.15, 0.2) is 0 Å². The molecule has 0 N–H and O–H groups in total. The van der Waals surface area contributed by atoms with Crippen LogP contribution < -0.4 is 0 Å². The van der Waals surface area contributed by atoms with Gasteiger partial charge in [-0.2, -0.15) is 39.5 Å². The zero-order valence-corrected chi connectivity index (χ0v) is 19.3. The molecule has 37 heavy (non-hydrogen) atoms. The molecule has 1 aliphatic rings. The second kappa shape index (κ2) is 11.3. The van der Waals surface area contributed by atoms with Gasteiger partial charge in [0.1, 0.15) is 0 Å². The Hall–Kier alpha value is -2.80. The summed E-state index contributed by atoms with van der Waals surface area (Å²) in [6.45, 7) is 2.37.